The van der Waals surface area contributed by atoms with Gasteiger partial charge in [-0.3, -0.25) is 9.52 Å². The zero-order valence-corrected chi connectivity index (χ0v) is 19.2. The number of sulfonamides is 1. The molecular weight excluding hydrogens is 422 g/mol. The van der Waals surface area contributed by atoms with Gasteiger partial charge in [0.2, 0.25) is 0 Å². The molecule has 3 rings (SSSR count). The Morgan fingerprint density at radius 3 is 2.00 bits per heavy atom. The van der Waals surface area contributed by atoms with Crippen molar-refractivity contribution in [1.29, 1.82) is 0 Å². The molecule has 0 unspecified atom stereocenters. The van der Waals surface area contributed by atoms with Crippen molar-refractivity contribution in [2.24, 2.45) is 0 Å². The van der Waals surface area contributed by atoms with Gasteiger partial charge in [0.15, 0.2) is 0 Å². The molecule has 168 valence electrons. The van der Waals surface area contributed by atoms with E-state index in [1.807, 2.05) is 30.3 Å². The number of nitrogens with zero attached hydrogens (tertiary/aromatic N) is 1. The minimum atomic E-state index is -3.73. The lowest BCUT2D eigenvalue weighted by Gasteiger charge is -2.18. The normalized spacial score (nSPS) is 11.3. The van der Waals surface area contributed by atoms with Gasteiger partial charge in [-0.25, -0.2) is 8.42 Å². The lowest BCUT2D eigenvalue weighted by atomic mass is 10.1. The van der Waals surface area contributed by atoms with Gasteiger partial charge in [0.05, 0.1) is 4.90 Å². The monoisotopic (exact) mass is 451 g/mol. The molecule has 0 aliphatic rings. The summed E-state index contributed by atoms with van der Waals surface area (Å²) in [7, 11) is -3.73. The number of rotatable bonds is 10. The topological polar surface area (TPSA) is 78.5 Å². The van der Waals surface area contributed by atoms with Crippen molar-refractivity contribution in [3.05, 3.63) is 84.4 Å². The summed E-state index contributed by atoms with van der Waals surface area (Å²) in [6, 6.07) is 22.9. The fourth-order valence-electron chi connectivity index (χ4n) is 3.33. The average Bonchev–Trinajstić information content (AvgIpc) is 2.82. The molecule has 0 aromatic heterocycles. The molecule has 1 amide bonds. The van der Waals surface area contributed by atoms with E-state index in [1.165, 1.54) is 0 Å². The summed E-state index contributed by atoms with van der Waals surface area (Å²) in [5, 5.41) is 2.89. The highest BCUT2D eigenvalue weighted by Gasteiger charge is 2.15. The van der Waals surface area contributed by atoms with E-state index in [0.717, 1.165) is 30.8 Å². The number of carbonyl (C=O) groups is 1. The van der Waals surface area contributed by atoms with E-state index in [9.17, 15) is 13.2 Å². The van der Waals surface area contributed by atoms with Crippen LogP contribution in [0.2, 0.25) is 0 Å². The summed E-state index contributed by atoms with van der Waals surface area (Å²) in [5.41, 5.74) is 2.85. The first kappa shape index (κ1) is 23.5. The molecule has 0 spiro atoms. The third-order valence-corrected chi connectivity index (χ3v) is 6.68. The van der Waals surface area contributed by atoms with Crippen molar-refractivity contribution < 1.29 is 13.2 Å². The van der Waals surface area contributed by atoms with E-state index in [4.69, 9.17) is 0 Å². The molecule has 2 N–H and O–H groups in total. The number of anilines is 1. The summed E-state index contributed by atoms with van der Waals surface area (Å²) in [4.78, 5) is 14.7. The summed E-state index contributed by atoms with van der Waals surface area (Å²) in [5.74, 6) is -0.178. The molecular formula is C25H29N3O3S. The van der Waals surface area contributed by atoms with E-state index in [2.05, 4.69) is 28.8 Å². The number of likely N-dealkylation sites (N-methyl/N-ethyl adjacent to an activating group) is 1. The molecule has 0 bridgehead atoms. The Balaban J connectivity index is 1.61. The largest absolute Gasteiger partial charge is 0.351 e. The van der Waals surface area contributed by atoms with Crippen LogP contribution in [0.4, 0.5) is 5.69 Å². The number of amides is 1. The van der Waals surface area contributed by atoms with Crippen LogP contribution >= 0.6 is 0 Å². The van der Waals surface area contributed by atoms with E-state index < -0.39 is 10.0 Å². The maximum Gasteiger partial charge on any atom is 0.261 e. The average molecular weight is 452 g/mol. The van der Waals surface area contributed by atoms with Crippen LogP contribution in [0.25, 0.3) is 11.1 Å². The molecule has 0 saturated heterocycles. The Hall–Kier alpha value is -3.16. The Morgan fingerprint density at radius 1 is 0.812 bits per heavy atom. The molecule has 0 fully saturated rings. The molecule has 0 heterocycles. The Labute approximate surface area is 190 Å². The zero-order valence-electron chi connectivity index (χ0n) is 18.4. The predicted octanol–water partition coefficient (Wildman–Crippen LogP) is 4.23. The van der Waals surface area contributed by atoms with E-state index in [0.29, 0.717) is 17.8 Å². The predicted molar refractivity (Wildman–Crippen MR) is 129 cm³/mol. The van der Waals surface area contributed by atoms with E-state index >= 15 is 0 Å². The van der Waals surface area contributed by atoms with Crippen LogP contribution in [0.15, 0.2) is 83.8 Å². The summed E-state index contributed by atoms with van der Waals surface area (Å²) in [6.07, 6.45) is 0. The van der Waals surface area contributed by atoms with Gasteiger partial charge in [0.25, 0.3) is 15.9 Å². The van der Waals surface area contributed by atoms with Crippen LogP contribution in [-0.2, 0) is 10.0 Å². The van der Waals surface area contributed by atoms with Crippen LogP contribution < -0.4 is 10.0 Å². The van der Waals surface area contributed by atoms with Gasteiger partial charge in [-0.1, -0.05) is 56.3 Å². The number of hydrogen-bond donors (Lipinski definition) is 2. The highest BCUT2D eigenvalue weighted by atomic mass is 32.2. The second-order valence-corrected chi connectivity index (χ2v) is 9.04. The molecule has 0 atom stereocenters. The van der Waals surface area contributed by atoms with Crippen molar-refractivity contribution in [3.63, 3.8) is 0 Å². The second-order valence-electron chi connectivity index (χ2n) is 7.36. The minimum Gasteiger partial charge on any atom is -0.351 e. The fraction of sp³-hybridized carbons (Fsp3) is 0.240. The Kier molecular flexibility index (Phi) is 8.03. The molecule has 0 aliphatic heterocycles. The van der Waals surface area contributed by atoms with Gasteiger partial charge < -0.3 is 10.2 Å². The smallest absolute Gasteiger partial charge is 0.261 e. The number of hydrogen-bond acceptors (Lipinski definition) is 4. The molecule has 0 radical (unpaired) electrons. The summed E-state index contributed by atoms with van der Waals surface area (Å²) in [6.45, 7) is 7.41. The van der Waals surface area contributed by atoms with Gasteiger partial charge in [0.1, 0.15) is 0 Å². The van der Waals surface area contributed by atoms with Gasteiger partial charge in [-0.05, 0) is 60.6 Å². The number of nitrogens with one attached hydrogen (secondary N) is 2. The first-order valence-electron chi connectivity index (χ1n) is 10.7. The lowest BCUT2D eigenvalue weighted by molar-refractivity contribution is 0.0949. The van der Waals surface area contributed by atoms with Crippen molar-refractivity contribution in [2.45, 2.75) is 18.7 Å². The third-order valence-electron chi connectivity index (χ3n) is 5.28. The lowest BCUT2D eigenvalue weighted by Crippen LogP contribution is -2.34. The summed E-state index contributed by atoms with van der Waals surface area (Å²) >= 11 is 0. The van der Waals surface area contributed by atoms with Gasteiger partial charge in [-0.15, -0.1) is 0 Å². The third kappa shape index (κ3) is 6.18. The van der Waals surface area contributed by atoms with Gasteiger partial charge in [0, 0.05) is 24.3 Å². The summed E-state index contributed by atoms with van der Waals surface area (Å²) < 4.78 is 28.0. The first-order valence-corrected chi connectivity index (χ1v) is 12.2. The van der Waals surface area contributed by atoms with Crippen LogP contribution in [-0.4, -0.2) is 45.4 Å². The SMILES string of the molecule is CCN(CC)CCNC(=O)c1ccc(NS(=O)(=O)c2ccc(-c3ccccc3)cc2)cc1. The molecule has 32 heavy (non-hydrogen) atoms. The van der Waals surface area contributed by atoms with Crippen LogP contribution in [0, 0.1) is 0 Å². The molecule has 7 heteroatoms. The van der Waals surface area contributed by atoms with E-state index in [1.54, 1.807) is 48.5 Å². The maximum absolute atomic E-state index is 12.7. The maximum atomic E-state index is 12.7. The van der Waals surface area contributed by atoms with Gasteiger partial charge >= 0.3 is 0 Å². The van der Waals surface area contributed by atoms with E-state index in [-0.39, 0.29) is 10.8 Å². The standard InChI is InChI=1S/C25H29N3O3S/c1-3-28(4-2)19-18-26-25(29)22-10-14-23(15-11-22)27-32(30,31)24-16-12-21(13-17-24)20-8-6-5-7-9-20/h5-17,27H,3-4,18-19H2,1-2H3,(H,26,29). The highest BCUT2D eigenvalue weighted by Crippen LogP contribution is 2.22. The number of carbonyl (C=O) groups excluding carboxylic acids is 1. The van der Waals surface area contributed by atoms with Crippen molar-refractivity contribution in [2.75, 3.05) is 30.9 Å². The van der Waals surface area contributed by atoms with Crippen molar-refractivity contribution in [3.8, 4) is 11.1 Å². The zero-order chi connectivity index (χ0) is 23.0. The van der Waals surface area contributed by atoms with Crippen LogP contribution in [0.3, 0.4) is 0 Å². The molecule has 0 saturated carbocycles. The fourth-order valence-corrected chi connectivity index (χ4v) is 4.39. The van der Waals surface area contributed by atoms with Crippen molar-refractivity contribution in [1.82, 2.24) is 10.2 Å². The highest BCUT2D eigenvalue weighted by molar-refractivity contribution is 7.92. The van der Waals surface area contributed by atoms with Crippen molar-refractivity contribution >= 4 is 21.6 Å². The minimum absolute atomic E-state index is 0.176. The molecule has 6 nitrogen and oxygen atoms in total. The Bertz CT molecular complexity index is 1110. The molecule has 3 aromatic rings. The quantitative estimate of drug-likeness (QED) is 0.484. The second kappa shape index (κ2) is 10.9. The Morgan fingerprint density at radius 2 is 1.41 bits per heavy atom. The number of benzene rings is 3. The van der Waals surface area contributed by atoms with Gasteiger partial charge in [-0.2, -0.15) is 0 Å². The van der Waals surface area contributed by atoms with Crippen LogP contribution in [0.1, 0.15) is 24.2 Å². The molecule has 0 aliphatic carbocycles. The first-order chi connectivity index (χ1) is 15.4. The molecule has 3 aromatic carbocycles. The van der Waals surface area contributed by atoms with Crippen LogP contribution in [0.5, 0.6) is 0 Å².